The quantitative estimate of drug-likeness (QED) is 0.339. The number of amides is 2. The first-order valence-electron chi connectivity index (χ1n) is 10.5. The lowest BCUT2D eigenvalue weighted by atomic mass is 9.90. The minimum Gasteiger partial charge on any atom is -0.496 e. The van der Waals surface area contributed by atoms with Gasteiger partial charge in [0.2, 0.25) is 11.8 Å². The number of methoxy groups -OCH3 is 1. The molecule has 2 atom stereocenters. The Labute approximate surface area is 186 Å². The van der Waals surface area contributed by atoms with Crippen molar-refractivity contribution in [3.63, 3.8) is 0 Å². The van der Waals surface area contributed by atoms with Gasteiger partial charge < -0.3 is 25.8 Å². The number of H-pyrrole nitrogens is 2. The van der Waals surface area contributed by atoms with E-state index in [2.05, 4.69) is 20.3 Å². The zero-order chi connectivity index (χ0) is 23.3. The van der Waals surface area contributed by atoms with Gasteiger partial charge in [-0.1, -0.05) is 19.9 Å². The predicted molar refractivity (Wildman–Crippen MR) is 120 cm³/mol. The van der Waals surface area contributed by atoms with Crippen LogP contribution in [0.5, 0.6) is 5.75 Å². The van der Waals surface area contributed by atoms with E-state index in [-0.39, 0.29) is 30.4 Å². The van der Waals surface area contributed by atoms with Crippen LogP contribution in [0.4, 0.5) is 0 Å². The van der Waals surface area contributed by atoms with Crippen LogP contribution in [0.25, 0.3) is 10.9 Å². The summed E-state index contributed by atoms with van der Waals surface area (Å²) in [6, 6.07) is 6.36. The van der Waals surface area contributed by atoms with Crippen molar-refractivity contribution in [2.45, 2.75) is 39.2 Å². The van der Waals surface area contributed by atoms with Gasteiger partial charge in [-0.2, -0.15) is 0 Å². The van der Waals surface area contributed by atoms with Crippen molar-refractivity contribution in [1.82, 2.24) is 20.3 Å². The molecular formula is C23H29N5O4. The van der Waals surface area contributed by atoms with E-state index in [1.807, 2.05) is 32.0 Å². The smallest absolute Gasteiger partial charge is 0.240 e. The summed E-state index contributed by atoms with van der Waals surface area (Å²) in [5, 5.41) is 3.52. The Morgan fingerprint density at radius 2 is 2.03 bits per heavy atom. The second kappa shape index (κ2) is 10.1. The van der Waals surface area contributed by atoms with Gasteiger partial charge in [-0.15, -0.1) is 0 Å². The molecule has 0 bridgehead atoms. The standard InChI is InChI=1S/C23H29N5O4/c1-13(2)7-14(23(31)28-19(22(24)30)9-15-11-25-12-26-15)8-20(29)18-10-16-17(27-18)5-4-6-21(16)32-3/h4-6,10-14,19,27H,7-9H2,1-3H3,(H2,24,30)(H,25,26)(H,28,31)/t14-,19+/m1/s1. The average molecular weight is 440 g/mol. The highest BCUT2D eigenvalue weighted by atomic mass is 16.5. The van der Waals surface area contributed by atoms with Crippen molar-refractivity contribution in [2.24, 2.45) is 17.6 Å². The minimum absolute atomic E-state index is 0.00862. The molecule has 9 heteroatoms. The summed E-state index contributed by atoms with van der Waals surface area (Å²) in [7, 11) is 1.57. The van der Waals surface area contributed by atoms with Crippen molar-refractivity contribution in [3.8, 4) is 5.75 Å². The number of rotatable bonds is 11. The molecule has 0 radical (unpaired) electrons. The lowest BCUT2D eigenvalue weighted by Gasteiger charge is -2.21. The Bertz CT molecular complexity index is 1090. The molecule has 0 aliphatic heterocycles. The maximum Gasteiger partial charge on any atom is 0.240 e. The molecule has 2 aromatic heterocycles. The maximum atomic E-state index is 13.0. The number of imidazole rings is 1. The average Bonchev–Trinajstić information content (AvgIpc) is 3.41. The molecule has 2 amide bonds. The molecule has 0 fully saturated rings. The third-order valence-corrected chi connectivity index (χ3v) is 5.34. The number of fused-ring (bicyclic) bond motifs is 1. The number of carbonyl (C=O) groups excluding carboxylic acids is 3. The Balaban J connectivity index is 1.75. The molecule has 2 heterocycles. The largest absolute Gasteiger partial charge is 0.496 e. The number of nitrogens with zero attached hydrogens (tertiary/aromatic N) is 1. The van der Waals surface area contributed by atoms with E-state index in [0.717, 1.165) is 10.9 Å². The Morgan fingerprint density at radius 1 is 1.25 bits per heavy atom. The van der Waals surface area contributed by atoms with Crippen LogP contribution >= 0.6 is 0 Å². The van der Waals surface area contributed by atoms with Crippen LogP contribution in [0, 0.1) is 11.8 Å². The van der Waals surface area contributed by atoms with Crippen LogP contribution in [0.3, 0.4) is 0 Å². The number of benzene rings is 1. The third-order valence-electron chi connectivity index (χ3n) is 5.34. The van der Waals surface area contributed by atoms with Gasteiger partial charge in [-0.3, -0.25) is 14.4 Å². The molecule has 9 nitrogen and oxygen atoms in total. The van der Waals surface area contributed by atoms with Crippen LogP contribution in [0.15, 0.2) is 36.8 Å². The molecule has 1 aromatic carbocycles. The minimum atomic E-state index is -0.898. The van der Waals surface area contributed by atoms with Gasteiger partial charge in [0.05, 0.1) is 19.1 Å². The third kappa shape index (κ3) is 5.54. The Morgan fingerprint density at radius 3 is 2.66 bits per heavy atom. The van der Waals surface area contributed by atoms with E-state index >= 15 is 0 Å². The molecule has 3 aromatic rings. The van der Waals surface area contributed by atoms with Gasteiger partial charge in [0.15, 0.2) is 5.78 Å². The van der Waals surface area contributed by atoms with Gasteiger partial charge in [0.25, 0.3) is 0 Å². The van der Waals surface area contributed by atoms with Crippen LogP contribution in [-0.4, -0.2) is 45.7 Å². The van der Waals surface area contributed by atoms with Gasteiger partial charge in [0.1, 0.15) is 11.8 Å². The fourth-order valence-electron chi connectivity index (χ4n) is 3.77. The van der Waals surface area contributed by atoms with Crippen LogP contribution in [0.2, 0.25) is 0 Å². The van der Waals surface area contributed by atoms with E-state index in [4.69, 9.17) is 10.5 Å². The lowest BCUT2D eigenvalue weighted by molar-refractivity contribution is -0.130. The number of aromatic amines is 2. The first-order chi connectivity index (χ1) is 15.3. The molecule has 5 N–H and O–H groups in total. The highest BCUT2D eigenvalue weighted by Crippen LogP contribution is 2.27. The monoisotopic (exact) mass is 439 g/mol. The number of aromatic nitrogens is 3. The SMILES string of the molecule is COc1cccc2[nH]c(C(=O)C[C@@H](CC(C)C)C(=O)N[C@@H](Cc3cnc[nH]3)C(N)=O)cc12. The van der Waals surface area contributed by atoms with Gasteiger partial charge in [-0.05, 0) is 30.5 Å². The number of ether oxygens (including phenoxy) is 1. The normalized spacial score (nSPS) is 13.1. The number of hydrogen-bond acceptors (Lipinski definition) is 5. The molecule has 0 aliphatic rings. The highest BCUT2D eigenvalue weighted by Gasteiger charge is 2.28. The lowest BCUT2D eigenvalue weighted by Crippen LogP contribution is -2.48. The molecular weight excluding hydrogens is 410 g/mol. The molecule has 3 rings (SSSR count). The molecule has 0 saturated heterocycles. The summed E-state index contributed by atoms with van der Waals surface area (Å²) in [5.41, 5.74) is 7.37. The number of nitrogens with one attached hydrogen (secondary N) is 3. The van der Waals surface area contributed by atoms with Gasteiger partial charge in [0, 0.05) is 41.6 Å². The summed E-state index contributed by atoms with van der Waals surface area (Å²) in [5.74, 6) is -0.958. The van der Waals surface area contributed by atoms with Gasteiger partial charge >= 0.3 is 0 Å². The Hall–Kier alpha value is -3.62. The number of nitrogens with two attached hydrogens (primary N) is 1. The number of Topliss-reactive ketones (excluding diaryl/α,β-unsaturated/α-hetero) is 1. The van der Waals surface area contributed by atoms with Crippen molar-refractivity contribution < 1.29 is 19.1 Å². The number of hydrogen-bond donors (Lipinski definition) is 4. The molecule has 32 heavy (non-hydrogen) atoms. The first kappa shape index (κ1) is 23.1. The highest BCUT2D eigenvalue weighted by molar-refractivity contribution is 6.02. The summed E-state index contributed by atoms with van der Waals surface area (Å²) >= 11 is 0. The number of carbonyl (C=O) groups is 3. The molecule has 0 saturated carbocycles. The fraction of sp³-hybridized carbons (Fsp3) is 0.391. The summed E-state index contributed by atoms with van der Waals surface area (Å²) in [6.07, 6.45) is 3.77. The maximum absolute atomic E-state index is 13.0. The molecule has 0 spiro atoms. The zero-order valence-electron chi connectivity index (χ0n) is 18.5. The predicted octanol–water partition coefficient (Wildman–Crippen LogP) is 2.35. The van der Waals surface area contributed by atoms with Crippen LogP contribution < -0.4 is 15.8 Å². The van der Waals surface area contributed by atoms with Crippen molar-refractivity contribution in [1.29, 1.82) is 0 Å². The molecule has 0 unspecified atom stereocenters. The van der Waals surface area contributed by atoms with Crippen molar-refractivity contribution in [2.75, 3.05) is 7.11 Å². The fourth-order valence-corrected chi connectivity index (χ4v) is 3.77. The summed E-state index contributed by atoms with van der Waals surface area (Å²) < 4.78 is 5.36. The molecule has 0 aliphatic carbocycles. The van der Waals surface area contributed by atoms with E-state index in [1.165, 1.54) is 6.33 Å². The van der Waals surface area contributed by atoms with Crippen molar-refractivity contribution in [3.05, 3.63) is 48.2 Å². The van der Waals surface area contributed by atoms with E-state index in [1.54, 1.807) is 19.4 Å². The Kier molecular flexibility index (Phi) is 7.29. The van der Waals surface area contributed by atoms with E-state index in [9.17, 15) is 14.4 Å². The first-order valence-corrected chi connectivity index (χ1v) is 10.5. The molecule has 170 valence electrons. The van der Waals surface area contributed by atoms with Crippen LogP contribution in [-0.2, 0) is 16.0 Å². The van der Waals surface area contributed by atoms with E-state index in [0.29, 0.717) is 23.6 Å². The second-order valence-electron chi connectivity index (χ2n) is 8.30. The van der Waals surface area contributed by atoms with Gasteiger partial charge in [-0.25, -0.2) is 4.98 Å². The van der Waals surface area contributed by atoms with E-state index < -0.39 is 17.9 Å². The summed E-state index contributed by atoms with van der Waals surface area (Å²) in [6.45, 7) is 3.96. The zero-order valence-corrected chi connectivity index (χ0v) is 18.5. The number of primary amides is 1. The summed E-state index contributed by atoms with van der Waals surface area (Å²) in [4.78, 5) is 47.9. The topological polar surface area (TPSA) is 143 Å². The second-order valence-corrected chi connectivity index (χ2v) is 8.30. The van der Waals surface area contributed by atoms with Crippen molar-refractivity contribution >= 4 is 28.5 Å². The number of ketones is 1. The van der Waals surface area contributed by atoms with Crippen LogP contribution in [0.1, 0.15) is 42.9 Å².